The van der Waals surface area contributed by atoms with Gasteiger partial charge in [-0.25, -0.2) is 0 Å². The number of benzene rings is 2. The zero-order valence-electron chi connectivity index (χ0n) is 11.9. The maximum absolute atomic E-state index is 12.2. The largest absolute Gasteiger partial charge is 0.319 e. The van der Waals surface area contributed by atoms with E-state index in [-0.39, 0.29) is 5.91 Å². The van der Waals surface area contributed by atoms with Crippen molar-refractivity contribution in [3.63, 3.8) is 0 Å². The predicted octanol–water partition coefficient (Wildman–Crippen LogP) is 4.26. The molecule has 110 valence electrons. The number of thiazole rings is 1. The second kappa shape index (κ2) is 6.42. The van der Waals surface area contributed by atoms with Crippen LogP contribution >= 0.6 is 27.3 Å². The highest BCUT2D eigenvalue weighted by molar-refractivity contribution is 9.10. The summed E-state index contributed by atoms with van der Waals surface area (Å²) in [6.45, 7) is 0. The molecule has 0 aliphatic carbocycles. The summed E-state index contributed by atoms with van der Waals surface area (Å²) in [5.74, 6) is -0.222. The first-order chi connectivity index (χ1) is 10.6. The molecule has 2 aromatic carbocycles. The molecule has 1 heterocycles. The molecule has 0 unspecified atom stereocenters. The van der Waals surface area contributed by atoms with Crippen LogP contribution in [0.5, 0.6) is 0 Å². The molecule has 3 aromatic rings. The second-order valence-electron chi connectivity index (χ2n) is 4.75. The third kappa shape index (κ3) is 3.10. The molecule has 0 saturated heterocycles. The lowest BCUT2D eigenvalue weighted by Gasteiger charge is -2.02. The highest BCUT2D eigenvalue weighted by Crippen LogP contribution is 2.21. The summed E-state index contributed by atoms with van der Waals surface area (Å²) in [5, 5.41) is 2.01. The molecule has 3 nitrogen and oxygen atoms in total. The fraction of sp³-hybridized carbons (Fsp3) is 0.0588. The number of hydrogen-bond donors (Lipinski definition) is 0. The van der Waals surface area contributed by atoms with E-state index in [4.69, 9.17) is 0 Å². The van der Waals surface area contributed by atoms with Gasteiger partial charge < -0.3 is 4.57 Å². The Morgan fingerprint density at radius 2 is 1.77 bits per heavy atom. The van der Waals surface area contributed by atoms with Gasteiger partial charge in [0.2, 0.25) is 0 Å². The number of amides is 1. The fourth-order valence-electron chi connectivity index (χ4n) is 2.09. The van der Waals surface area contributed by atoms with E-state index in [0.717, 1.165) is 15.7 Å². The number of carbonyl (C=O) groups excluding carboxylic acids is 1. The van der Waals surface area contributed by atoms with Gasteiger partial charge in [-0.05, 0) is 29.8 Å². The van der Waals surface area contributed by atoms with Gasteiger partial charge in [-0.15, -0.1) is 11.3 Å². The predicted molar refractivity (Wildman–Crippen MR) is 92.8 cm³/mol. The van der Waals surface area contributed by atoms with Crippen molar-refractivity contribution in [1.29, 1.82) is 0 Å². The van der Waals surface area contributed by atoms with Crippen molar-refractivity contribution >= 4 is 33.2 Å². The van der Waals surface area contributed by atoms with E-state index in [2.05, 4.69) is 20.9 Å². The number of hydrogen-bond acceptors (Lipinski definition) is 2. The molecule has 0 aliphatic rings. The Balaban J connectivity index is 1.98. The van der Waals surface area contributed by atoms with Crippen LogP contribution in [0, 0.1) is 0 Å². The van der Waals surface area contributed by atoms with E-state index in [1.54, 1.807) is 12.1 Å². The summed E-state index contributed by atoms with van der Waals surface area (Å²) >= 11 is 4.89. The number of rotatable bonds is 2. The van der Waals surface area contributed by atoms with Gasteiger partial charge >= 0.3 is 0 Å². The Bertz CT molecular complexity index is 864. The number of nitrogens with zero attached hydrogens (tertiary/aromatic N) is 2. The van der Waals surface area contributed by atoms with Crippen molar-refractivity contribution in [2.24, 2.45) is 12.0 Å². The van der Waals surface area contributed by atoms with Crippen LogP contribution in [-0.2, 0) is 7.05 Å². The van der Waals surface area contributed by atoms with E-state index in [9.17, 15) is 4.79 Å². The van der Waals surface area contributed by atoms with E-state index < -0.39 is 0 Å². The molecule has 0 saturated carbocycles. The molecule has 22 heavy (non-hydrogen) atoms. The van der Waals surface area contributed by atoms with Crippen LogP contribution in [0.15, 0.2) is 69.4 Å². The Morgan fingerprint density at radius 1 is 1.09 bits per heavy atom. The lowest BCUT2D eigenvalue weighted by Crippen LogP contribution is -2.14. The van der Waals surface area contributed by atoms with E-state index in [0.29, 0.717) is 10.4 Å². The highest BCUT2D eigenvalue weighted by Gasteiger charge is 2.07. The fourth-order valence-corrected chi connectivity index (χ4v) is 3.25. The third-order valence-corrected chi connectivity index (χ3v) is 4.73. The lowest BCUT2D eigenvalue weighted by atomic mass is 10.2. The van der Waals surface area contributed by atoms with Crippen LogP contribution < -0.4 is 4.80 Å². The molecule has 0 bridgehead atoms. The van der Waals surface area contributed by atoms with E-state index in [1.165, 1.54) is 11.3 Å². The van der Waals surface area contributed by atoms with Gasteiger partial charge in [0.05, 0.1) is 5.69 Å². The van der Waals surface area contributed by atoms with Crippen molar-refractivity contribution in [2.75, 3.05) is 0 Å². The average Bonchev–Trinajstić information content (AvgIpc) is 2.90. The minimum Gasteiger partial charge on any atom is -0.319 e. The Morgan fingerprint density at radius 3 is 2.45 bits per heavy atom. The van der Waals surface area contributed by atoms with Crippen molar-refractivity contribution < 1.29 is 4.79 Å². The van der Waals surface area contributed by atoms with Gasteiger partial charge in [0.15, 0.2) is 4.80 Å². The normalized spacial score (nSPS) is 11.6. The molecule has 3 rings (SSSR count). The Hall–Kier alpha value is -1.98. The van der Waals surface area contributed by atoms with Crippen LogP contribution in [-0.4, -0.2) is 10.5 Å². The molecular formula is C17H13BrN2OS. The first kappa shape index (κ1) is 14.9. The minimum atomic E-state index is -0.222. The van der Waals surface area contributed by atoms with E-state index >= 15 is 0 Å². The summed E-state index contributed by atoms with van der Waals surface area (Å²) in [5.41, 5.74) is 2.73. The third-order valence-electron chi connectivity index (χ3n) is 3.28. The van der Waals surface area contributed by atoms with E-state index in [1.807, 2.05) is 59.5 Å². The van der Waals surface area contributed by atoms with Crippen LogP contribution in [0.2, 0.25) is 0 Å². The van der Waals surface area contributed by atoms with Gasteiger partial charge in [0.1, 0.15) is 0 Å². The number of aromatic nitrogens is 1. The van der Waals surface area contributed by atoms with Crippen molar-refractivity contribution in [3.8, 4) is 11.3 Å². The van der Waals surface area contributed by atoms with Crippen molar-refractivity contribution in [3.05, 3.63) is 74.8 Å². The first-order valence-corrected chi connectivity index (χ1v) is 8.37. The Kier molecular flexibility index (Phi) is 4.36. The molecular weight excluding hydrogens is 360 g/mol. The van der Waals surface area contributed by atoms with Gasteiger partial charge in [-0.2, -0.15) is 4.99 Å². The maximum atomic E-state index is 12.2. The molecule has 5 heteroatoms. The summed E-state index contributed by atoms with van der Waals surface area (Å²) < 4.78 is 2.98. The maximum Gasteiger partial charge on any atom is 0.279 e. The second-order valence-corrected chi connectivity index (χ2v) is 6.50. The monoisotopic (exact) mass is 372 g/mol. The summed E-state index contributed by atoms with van der Waals surface area (Å²) in [6.07, 6.45) is 0. The molecule has 0 aliphatic heterocycles. The van der Waals surface area contributed by atoms with Crippen LogP contribution in [0.3, 0.4) is 0 Å². The Labute approximate surface area is 140 Å². The van der Waals surface area contributed by atoms with Gasteiger partial charge in [-0.1, -0.05) is 46.3 Å². The molecule has 0 atom stereocenters. The molecule has 0 fully saturated rings. The smallest absolute Gasteiger partial charge is 0.279 e. The van der Waals surface area contributed by atoms with Crippen molar-refractivity contribution in [2.45, 2.75) is 0 Å². The quantitative estimate of drug-likeness (QED) is 0.661. The van der Waals surface area contributed by atoms with Gasteiger partial charge in [-0.3, -0.25) is 4.79 Å². The SMILES string of the molecule is Cn1c(-c2ccc(Br)cc2)cs/c1=N/C(=O)c1ccccc1. The standard InChI is InChI=1S/C17H13BrN2OS/c1-20-15(12-7-9-14(18)10-8-12)11-22-17(20)19-16(21)13-5-3-2-4-6-13/h2-11H,1H3/b19-17+. The highest BCUT2D eigenvalue weighted by atomic mass is 79.9. The summed E-state index contributed by atoms with van der Waals surface area (Å²) in [7, 11) is 1.92. The first-order valence-electron chi connectivity index (χ1n) is 6.70. The summed E-state index contributed by atoms with van der Waals surface area (Å²) in [4.78, 5) is 17.1. The zero-order chi connectivity index (χ0) is 15.5. The molecule has 1 amide bonds. The van der Waals surface area contributed by atoms with Gasteiger partial charge in [0, 0.05) is 22.5 Å². The van der Waals surface area contributed by atoms with Crippen LogP contribution in [0.4, 0.5) is 0 Å². The summed E-state index contributed by atoms with van der Waals surface area (Å²) in [6, 6.07) is 17.2. The minimum absolute atomic E-state index is 0.222. The van der Waals surface area contributed by atoms with Crippen molar-refractivity contribution in [1.82, 2.24) is 4.57 Å². The number of halogens is 1. The lowest BCUT2D eigenvalue weighted by molar-refractivity contribution is 0.0998. The topological polar surface area (TPSA) is 34.4 Å². The molecule has 0 N–H and O–H groups in total. The molecule has 0 spiro atoms. The van der Waals surface area contributed by atoms with Crippen LogP contribution in [0.25, 0.3) is 11.3 Å². The van der Waals surface area contributed by atoms with Gasteiger partial charge in [0.25, 0.3) is 5.91 Å². The molecule has 1 aromatic heterocycles. The molecule has 0 radical (unpaired) electrons. The number of carbonyl (C=O) groups is 1. The average molecular weight is 373 g/mol. The van der Waals surface area contributed by atoms with Crippen LogP contribution in [0.1, 0.15) is 10.4 Å². The zero-order valence-corrected chi connectivity index (χ0v) is 14.3.